The van der Waals surface area contributed by atoms with Crippen molar-refractivity contribution in [1.29, 1.82) is 0 Å². The zero-order valence-corrected chi connectivity index (χ0v) is 8.99. The third kappa shape index (κ3) is 1.83. The van der Waals surface area contributed by atoms with Crippen LogP contribution < -0.4 is 0 Å². The molecule has 2 aromatic heterocycles. The standard InChI is InChI=1S/C9H7F3N4O2/c1-16-6(5(3-14-16)8(17)18)4-2-13-15-7(4)9(10,11)12/h2-3H,1H3,(H,13,15)(H,17,18). The first-order chi connectivity index (χ1) is 8.32. The maximum atomic E-state index is 12.7. The molecule has 0 radical (unpaired) electrons. The van der Waals surface area contributed by atoms with E-state index < -0.39 is 17.8 Å². The molecule has 0 spiro atoms. The van der Waals surface area contributed by atoms with Gasteiger partial charge in [0.15, 0.2) is 0 Å². The van der Waals surface area contributed by atoms with Gasteiger partial charge >= 0.3 is 12.1 Å². The molecular formula is C9H7F3N4O2. The third-order valence-corrected chi connectivity index (χ3v) is 2.35. The average molecular weight is 260 g/mol. The highest BCUT2D eigenvalue weighted by molar-refractivity contribution is 5.95. The molecule has 2 rings (SSSR count). The zero-order chi connectivity index (χ0) is 13.5. The SMILES string of the molecule is Cn1ncc(C(=O)O)c1-c1cn[nH]c1C(F)(F)F. The molecule has 96 valence electrons. The van der Waals surface area contributed by atoms with Gasteiger partial charge in [-0.3, -0.25) is 9.78 Å². The monoisotopic (exact) mass is 260 g/mol. The molecule has 0 aliphatic carbocycles. The highest BCUT2D eigenvalue weighted by Crippen LogP contribution is 2.36. The first-order valence-corrected chi connectivity index (χ1v) is 4.68. The fourth-order valence-electron chi connectivity index (χ4n) is 1.60. The lowest BCUT2D eigenvalue weighted by atomic mass is 10.1. The summed E-state index contributed by atoms with van der Waals surface area (Å²) >= 11 is 0. The molecule has 0 saturated carbocycles. The minimum atomic E-state index is -4.65. The fourth-order valence-corrected chi connectivity index (χ4v) is 1.60. The molecule has 0 unspecified atom stereocenters. The van der Waals surface area contributed by atoms with Gasteiger partial charge in [-0.15, -0.1) is 0 Å². The normalized spacial score (nSPS) is 11.8. The maximum Gasteiger partial charge on any atom is 0.433 e. The van der Waals surface area contributed by atoms with Gasteiger partial charge in [0.05, 0.1) is 23.7 Å². The highest BCUT2D eigenvalue weighted by atomic mass is 19.4. The largest absolute Gasteiger partial charge is 0.478 e. The molecule has 0 bridgehead atoms. The minimum absolute atomic E-state index is 0.149. The Hall–Kier alpha value is -2.32. The van der Waals surface area contributed by atoms with Gasteiger partial charge in [0, 0.05) is 7.05 Å². The summed E-state index contributed by atoms with van der Waals surface area (Å²) in [7, 11) is 1.36. The minimum Gasteiger partial charge on any atom is -0.478 e. The number of carboxylic acid groups (broad SMARTS) is 1. The van der Waals surface area contributed by atoms with Crippen molar-refractivity contribution in [3.8, 4) is 11.3 Å². The number of carbonyl (C=O) groups is 1. The van der Waals surface area contributed by atoms with Crippen LogP contribution in [0.1, 0.15) is 16.1 Å². The summed E-state index contributed by atoms with van der Waals surface area (Å²) in [4.78, 5) is 10.9. The summed E-state index contributed by atoms with van der Waals surface area (Å²) in [6, 6.07) is 0. The molecule has 0 amide bonds. The predicted octanol–water partition coefficient (Wildman–Crippen LogP) is 1.53. The molecule has 0 atom stereocenters. The summed E-state index contributed by atoms with van der Waals surface area (Å²) in [6.07, 6.45) is -2.73. The van der Waals surface area contributed by atoms with E-state index in [0.717, 1.165) is 17.1 Å². The number of aromatic nitrogens is 4. The van der Waals surface area contributed by atoms with Crippen LogP contribution >= 0.6 is 0 Å². The number of halogens is 3. The Morgan fingerprint density at radius 2 is 2.11 bits per heavy atom. The van der Waals surface area contributed by atoms with E-state index in [2.05, 4.69) is 10.2 Å². The summed E-state index contributed by atoms with van der Waals surface area (Å²) < 4.78 is 39.1. The Labute approximate surface area is 98.0 Å². The Morgan fingerprint density at radius 3 is 2.67 bits per heavy atom. The third-order valence-electron chi connectivity index (χ3n) is 2.35. The van der Waals surface area contributed by atoms with Gasteiger partial charge in [0.25, 0.3) is 0 Å². The first-order valence-electron chi connectivity index (χ1n) is 4.68. The van der Waals surface area contributed by atoms with Crippen molar-refractivity contribution >= 4 is 5.97 Å². The number of aromatic amines is 1. The van der Waals surface area contributed by atoms with Gasteiger partial charge in [-0.25, -0.2) is 4.79 Å². The van der Waals surface area contributed by atoms with E-state index in [0.29, 0.717) is 0 Å². The number of nitrogens with zero attached hydrogens (tertiary/aromatic N) is 3. The van der Waals surface area contributed by atoms with E-state index in [9.17, 15) is 18.0 Å². The van der Waals surface area contributed by atoms with E-state index in [1.807, 2.05) is 5.10 Å². The first kappa shape index (κ1) is 12.1. The Balaban J connectivity index is 2.67. The number of carboxylic acids is 1. The lowest BCUT2D eigenvalue weighted by molar-refractivity contribution is -0.140. The molecule has 9 heteroatoms. The van der Waals surface area contributed by atoms with Crippen LogP contribution in [0.5, 0.6) is 0 Å². The lowest BCUT2D eigenvalue weighted by Crippen LogP contribution is -2.09. The van der Waals surface area contributed by atoms with Crippen LogP contribution in [0, 0.1) is 0 Å². The van der Waals surface area contributed by atoms with Crippen molar-refractivity contribution in [2.45, 2.75) is 6.18 Å². The summed E-state index contributed by atoms with van der Waals surface area (Å²) in [5.74, 6) is -1.35. The number of rotatable bonds is 2. The fraction of sp³-hybridized carbons (Fsp3) is 0.222. The second-order valence-corrected chi connectivity index (χ2v) is 3.49. The summed E-state index contributed by atoms with van der Waals surface area (Å²) in [6.45, 7) is 0. The van der Waals surface area contributed by atoms with Crippen LogP contribution in [0.25, 0.3) is 11.3 Å². The maximum absolute atomic E-state index is 12.7. The van der Waals surface area contributed by atoms with Crippen LogP contribution in [0.3, 0.4) is 0 Å². The van der Waals surface area contributed by atoms with Gasteiger partial charge in [0.1, 0.15) is 11.3 Å². The molecule has 0 aliphatic rings. The van der Waals surface area contributed by atoms with E-state index in [-0.39, 0.29) is 16.8 Å². The number of hydrogen-bond donors (Lipinski definition) is 2. The van der Waals surface area contributed by atoms with Crippen LogP contribution in [0.4, 0.5) is 13.2 Å². The Morgan fingerprint density at radius 1 is 1.44 bits per heavy atom. The van der Waals surface area contributed by atoms with Crippen molar-refractivity contribution in [3.63, 3.8) is 0 Å². The van der Waals surface area contributed by atoms with Crippen molar-refractivity contribution < 1.29 is 23.1 Å². The van der Waals surface area contributed by atoms with Crippen molar-refractivity contribution in [2.75, 3.05) is 0 Å². The van der Waals surface area contributed by atoms with Crippen LogP contribution in [0.2, 0.25) is 0 Å². The number of aromatic carboxylic acids is 1. The molecule has 2 heterocycles. The molecule has 2 N–H and O–H groups in total. The van der Waals surface area contributed by atoms with Gasteiger partial charge in [-0.1, -0.05) is 0 Å². The summed E-state index contributed by atoms with van der Waals surface area (Å²) in [5.41, 5.74) is -1.92. The van der Waals surface area contributed by atoms with E-state index in [1.54, 1.807) is 0 Å². The average Bonchev–Trinajstić information content (AvgIpc) is 2.81. The smallest absolute Gasteiger partial charge is 0.433 e. The highest BCUT2D eigenvalue weighted by Gasteiger charge is 2.37. The number of alkyl halides is 3. The van der Waals surface area contributed by atoms with Crippen LogP contribution in [-0.2, 0) is 13.2 Å². The van der Waals surface area contributed by atoms with Crippen LogP contribution in [-0.4, -0.2) is 31.1 Å². The molecule has 0 fully saturated rings. The Kier molecular flexibility index (Phi) is 2.60. The quantitative estimate of drug-likeness (QED) is 0.857. The van der Waals surface area contributed by atoms with E-state index in [4.69, 9.17) is 5.11 Å². The van der Waals surface area contributed by atoms with E-state index >= 15 is 0 Å². The van der Waals surface area contributed by atoms with Gasteiger partial charge in [-0.2, -0.15) is 23.4 Å². The molecule has 18 heavy (non-hydrogen) atoms. The lowest BCUT2D eigenvalue weighted by Gasteiger charge is -2.08. The van der Waals surface area contributed by atoms with Crippen LogP contribution in [0.15, 0.2) is 12.4 Å². The van der Waals surface area contributed by atoms with Gasteiger partial charge in [0.2, 0.25) is 0 Å². The number of H-pyrrole nitrogens is 1. The zero-order valence-electron chi connectivity index (χ0n) is 8.99. The van der Waals surface area contributed by atoms with Crippen molar-refractivity contribution in [1.82, 2.24) is 20.0 Å². The van der Waals surface area contributed by atoms with Crippen molar-refractivity contribution in [2.24, 2.45) is 7.05 Å². The van der Waals surface area contributed by atoms with E-state index in [1.165, 1.54) is 7.05 Å². The van der Waals surface area contributed by atoms with Gasteiger partial charge in [-0.05, 0) is 0 Å². The predicted molar refractivity (Wildman–Crippen MR) is 52.8 cm³/mol. The topological polar surface area (TPSA) is 83.8 Å². The second-order valence-electron chi connectivity index (χ2n) is 3.49. The second kappa shape index (κ2) is 3.86. The molecule has 0 aromatic carbocycles. The molecule has 2 aromatic rings. The molecule has 0 saturated heterocycles. The van der Waals surface area contributed by atoms with Crippen molar-refractivity contribution in [3.05, 3.63) is 23.7 Å². The Bertz CT molecular complexity index is 599. The molecule has 6 nitrogen and oxygen atoms in total. The molecular weight excluding hydrogens is 253 g/mol. The number of hydrogen-bond acceptors (Lipinski definition) is 3. The number of aryl methyl sites for hydroxylation is 1. The number of nitrogens with one attached hydrogen (secondary N) is 1. The molecule has 0 aliphatic heterocycles. The van der Waals surface area contributed by atoms with Gasteiger partial charge < -0.3 is 5.11 Å². The summed E-state index contributed by atoms with van der Waals surface area (Å²) in [5, 5.41) is 17.7.